The van der Waals surface area contributed by atoms with Crippen LogP contribution in [0.1, 0.15) is 43.5 Å². The second-order valence-electron chi connectivity index (χ2n) is 6.37. The first-order chi connectivity index (χ1) is 11.6. The first kappa shape index (κ1) is 18.5. The first-order valence-corrected chi connectivity index (χ1v) is 8.76. The highest BCUT2D eigenvalue weighted by Gasteiger charge is 2.29. The van der Waals surface area contributed by atoms with Gasteiger partial charge in [-0.15, -0.1) is 0 Å². The Bertz CT molecular complexity index is 548. The molecule has 0 saturated carbocycles. The molecule has 1 saturated heterocycles. The number of benzene rings is 1. The van der Waals surface area contributed by atoms with Crippen molar-refractivity contribution in [2.24, 2.45) is 5.92 Å². The molecule has 5 heteroatoms. The van der Waals surface area contributed by atoms with E-state index in [0.717, 1.165) is 50.2 Å². The minimum Gasteiger partial charge on any atom is -0.497 e. The van der Waals surface area contributed by atoms with Crippen molar-refractivity contribution < 1.29 is 14.3 Å². The Morgan fingerprint density at radius 3 is 2.42 bits per heavy atom. The van der Waals surface area contributed by atoms with Gasteiger partial charge in [-0.2, -0.15) is 0 Å². The number of amides is 1. The van der Waals surface area contributed by atoms with Gasteiger partial charge in [0.25, 0.3) is 0 Å². The average molecular weight is 332 g/mol. The van der Waals surface area contributed by atoms with Gasteiger partial charge in [-0.25, -0.2) is 0 Å². The van der Waals surface area contributed by atoms with Gasteiger partial charge in [-0.05, 0) is 63.5 Å². The zero-order valence-electron chi connectivity index (χ0n) is 14.9. The molecule has 2 rings (SSSR count). The zero-order chi connectivity index (χ0) is 17.5. The van der Waals surface area contributed by atoms with Crippen LogP contribution in [0, 0.1) is 5.92 Å². The molecule has 1 atom stereocenters. The number of Topliss-reactive ketones (excluding diaryl/α,β-unsaturated/α-hetero) is 1. The Balaban J connectivity index is 1.87. The van der Waals surface area contributed by atoms with E-state index in [4.69, 9.17) is 4.74 Å². The van der Waals surface area contributed by atoms with Gasteiger partial charge in [0.1, 0.15) is 5.75 Å². The molecule has 5 nitrogen and oxygen atoms in total. The predicted octanol–water partition coefficient (Wildman–Crippen LogP) is 2.50. The van der Waals surface area contributed by atoms with Gasteiger partial charge < -0.3 is 10.1 Å². The quantitative estimate of drug-likeness (QED) is 0.780. The van der Waals surface area contributed by atoms with E-state index in [2.05, 4.69) is 10.2 Å². The molecule has 0 bridgehead atoms. The number of piperidine rings is 1. The Labute approximate surface area is 144 Å². The topological polar surface area (TPSA) is 58.6 Å². The van der Waals surface area contributed by atoms with E-state index in [1.165, 1.54) is 0 Å². The number of nitrogens with one attached hydrogen (secondary N) is 1. The lowest BCUT2D eigenvalue weighted by Crippen LogP contribution is -2.49. The zero-order valence-corrected chi connectivity index (χ0v) is 14.9. The third-order valence-electron chi connectivity index (χ3n) is 4.75. The molecule has 132 valence electrons. The standard InChI is InChI=1S/C19H28N2O3/c1-4-11-20-19(23)14(2)21-12-9-16(10-13-21)18(22)15-5-7-17(24-3)8-6-15/h5-8,14,16H,4,9-13H2,1-3H3,(H,20,23). The van der Waals surface area contributed by atoms with Crippen LogP contribution in [-0.4, -0.2) is 49.4 Å². The maximum Gasteiger partial charge on any atom is 0.237 e. The van der Waals surface area contributed by atoms with E-state index in [9.17, 15) is 9.59 Å². The van der Waals surface area contributed by atoms with Crippen LogP contribution in [-0.2, 0) is 4.79 Å². The summed E-state index contributed by atoms with van der Waals surface area (Å²) < 4.78 is 5.13. The van der Waals surface area contributed by atoms with Gasteiger partial charge in [-0.1, -0.05) is 6.92 Å². The van der Waals surface area contributed by atoms with Crippen LogP contribution in [0.4, 0.5) is 0 Å². The van der Waals surface area contributed by atoms with Gasteiger partial charge in [0.2, 0.25) is 5.91 Å². The normalized spacial score (nSPS) is 17.3. The Kier molecular flexibility index (Phi) is 6.79. The Hall–Kier alpha value is -1.88. The minimum absolute atomic E-state index is 0.0422. The summed E-state index contributed by atoms with van der Waals surface area (Å²) in [5.41, 5.74) is 0.739. The molecule has 1 aromatic rings. The van der Waals surface area contributed by atoms with Crippen molar-refractivity contribution in [1.29, 1.82) is 0 Å². The summed E-state index contributed by atoms with van der Waals surface area (Å²) in [4.78, 5) is 26.8. The number of nitrogens with zero attached hydrogens (tertiary/aromatic N) is 1. The summed E-state index contributed by atoms with van der Waals surface area (Å²) in [6.45, 7) is 6.27. The van der Waals surface area contributed by atoms with E-state index in [-0.39, 0.29) is 23.7 Å². The first-order valence-electron chi connectivity index (χ1n) is 8.76. The van der Waals surface area contributed by atoms with Crippen LogP contribution in [0.3, 0.4) is 0 Å². The summed E-state index contributed by atoms with van der Waals surface area (Å²) >= 11 is 0. The fraction of sp³-hybridized carbons (Fsp3) is 0.579. The molecule has 0 spiro atoms. The van der Waals surface area contributed by atoms with Crippen LogP contribution in [0.15, 0.2) is 24.3 Å². The summed E-state index contributed by atoms with van der Waals surface area (Å²) in [5.74, 6) is 1.08. The smallest absolute Gasteiger partial charge is 0.237 e. The lowest BCUT2D eigenvalue weighted by Gasteiger charge is -2.34. The molecule has 1 aromatic carbocycles. The number of ether oxygens (including phenoxy) is 1. The molecular formula is C19H28N2O3. The molecule has 1 fully saturated rings. The van der Waals surface area contributed by atoms with Gasteiger partial charge in [0.15, 0.2) is 5.78 Å². The third-order valence-corrected chi connectivity index (χ3v) is 4.75. The molecule has 24 heavy (non-hydrogen) atoms. The summed E-state index contributed by atoms with van der Waals surface area (Å²) in [5, 5.41) is 2.94. The second-order valence-corrected chi connectivity index (χ2v) is 6.37. The van der Waals surface area contributed by atoms with Crippen LogP contribution in [0.5, 0.6) is 5.75 Å². The van der Waals surface area contributed by atoms with Crippen LogP contribution < -0.4 is 10.1 Å². The molecule has 1 N–H and O–H groups in total. The molecule has 1 heterocycles. The maximum atomic E-state index is 12.6. The van der Waals surface area contributed by atoms with Crippen molar-refractivity contribution in [3.05, 3.63) is 29.8 Å². The number of carbonyl (C=O) groups is 2. The fourth-order valence-corrected chi connectivity index (χ4v) is 3.10. The fourth-order valence-electron chi connectivity index (χ4n) is 3.10. The van der Waals surface area contributed by atoms with Gasteiger partial charge >= 0.3 is 0 Å². The van der Waals surface area contributed by atoms with Crippen LogP contribution in [0.25, 0.3) is 0 Å². The number of carbonyl (C=O) groups excluding carboxylic acids is 2. The number of ketones is 1. The van der Waals surface area contributed by atoms with Crippen molar-refractivity contribution >= 4 is 11.7 Å². The molecule has 0 radical (unpaired) electrons. The Morgan fingerprint density at radius 2 is 1.88 bits per heavy atom. The lowest BCUT2D eigenvalue weighted by molar-refractivity contribution is -0.126. The van der Waals surface area contributed by atoms with Gasteiger partial charge in [-0.3, -0.25) is 14.5 Å². The summed E-state index contributed by atoms with van der Waals surface area (Å²) in [7, 11) is 1.62. The molecule has 1 aliphatic heterocycles. The molecular weight excluding hydrogens is 304 g/mol. The number of likely N-dealkylation sites (tertiary alicyclic amines) is 1. The molecule has 0 aliphatic carbocycles. The van der Waals surface area contributed by atoms with E-state index in [1.807, 2.05) is 38.1 Å². The van der Waals surface area contributed by atoms with Crippen molar-refractivity contribution in [1.82, 2.24) is 10.2 Å². The number of methoxy groups -OCH3 is 1. The predicted molar refractivity (Wildman–Crippen MR) is 94.4 cm³/mol. The van der Waals surface area contributed by atoms with Crippen LogP contribution >= 0.6 is 0 Å². The van der Waals surface area contributed by atoms with Crippen LogP contribution in [0.2, 0.25) is 0 Å². The minimum atomic E-state index is -0.131. The number of rotatable bonds is 7. The third kappa shape index (κ3) is 4.57. The van der Waals surface area contributed by atoms with E-state index in [1.54, 1.807) is 7.11 Å². The largest absolute Gasteiger partial charge is 0.497 e. The Morgan fingerprint density at radius 1 is 1.25 bits per heavy atom. The van der Waals surface area contributed by atoms with E-state index >= 15 is 0 Å². The van der Waals surface area contributed by atoms with Gasteiger partial charge in [0.05, 0.1) is 13.2 Å². The SMILES string of the molecule is CCCNC(=O)C(C)N1CCC(C(=O)c2ccc(OC)cc2)CC1. The molecule has 1 aliphatic rings. The molecule has 0 aromatic heterocycles. The van der Waals surface area contributed by atoms with Crippen molar-refractivity contribution in [3.63, 3.8) is 0 Å². The van der Waals surface area contributed by atoms with Crippen molar-refractivity contribution in [2.45, 2.75) is 39.2 Å². The van der Waals surface area contributed by atoms with Crippen molar-refractivity contribution in [2.75, 3.05) is 26.7 Å². The summed E-state index contributed by atoms with van der Waals surface area (Å²) in [6.07, 6.45) is 2.55. The van der Waals surface area contributed by atoms with E-state index in [0.29, 0.717) is 0 Å². The highest BCUT2D eigenvalue weighted by atomic mass is 16.5. The lowest BCUT2D eigenvalue weighted by atomic mass is 9.88. The van der Waals surface area contributed by atoms with Crippen molar-refractivity contribution in [3.8, 4) is 5.75 Å². The summed E-state index contributed by atoms with van der Waals surface area (Å²) in [6, 6.07) is 7.17. The number of hydrogen-bond acceptors (Lipinski definition) is 4. The average Bonchev–Trinajstić information content (AvgIpc) is 2.65. The molecule has 1 amide bonds. The second kappa shape index (κ2) is 8.83. The highest BCUT2D eigenvalue weighted by Crippen LogP contribution is 2.24. The maximum absolute atomic E-state index is 12.6. The monoisotopic (exact) mass is 332 g/mol. The number of hydrogen-bond donors (Lipinski definition) is 1. The van der Waals surface area contributed by atoms with Gasteiger partial charge in [0, 0.05) is 18.0 Å². The van der Waals surface area contributed by atoms with E-state index < -0.39 is 0 Å². The molecule has 1 unspecified atom stereocenters. The highest BCUT2D eigenvalue weighted by molar-refractivity contribution is 5.98.